The summed E-state index contributed by atoms with van der Waals surface area (Å²) < 4.78 is 0. The molecule has 90 valence electrons. The van der Waals surface area contributed by atoms with Crippen LogP contribution < -0.4 is 10.2 Å². The maximum atomic E-state index is 9.20. The quantitative estimate of drug-likeness (QED) is 0.797. The average molecular weight is 222 g/mol. The molecule has 0 heterocycles. The second-order valence-corrected chi connectivity index (χ2v) is 4.46. The van der Waals surface area contributed by atoms with Crippen molar-refractivity contribution in [3.05, 3.63) is 29.8 Å². The number of rotatable bonds is 5. The summed E-state index contributed by atoms with van der Waals surface area (Å²) in [6.45, 7) is 4.51. The van der Waals surface area contributed by atoms with Crippen molar-refractivity contribution in [2.45, 2.75) is 26.0 Å². The topological polar surface area (TPSA) is 35.5 Å². The van der Waals surface area contributed by atoms with Gasteiger partial charge in [-0.2, -0.15) is 0 Å². The van der Waals surface area contributed by atoms with E-state index in [1.165, 1.54) is 11.3 Å². The highest BCUT2D eigenvalue weighted by atomic mass is 16.3. The first-order valence-electron chi connectivity index (χ1n) is 5.69. The molecule has 0 aliphatic carbocycles. The highest BCUT2D eigenvalue weighted by Crippen LogP contribution is 2.17. The van der Waals surface area contributed by atoms with Crippen LogP contribution in [0.4, 0.5) is 5.69 Å². The summed E-state index contributed by atoms with van der Waals surface area (Å²) in [5.74, 6) is 0. The molecule has 0 radical (unpaired) electrons. The Kier molecular flexibility index (Phi) is 4.77. The SMILES string of the molecule is CC(O)CNC(C)c1ccc(N(C)C)cc1. The number of aliphatic hydroxyl groups excluding tert-OH is 1. The van der Waals surface area contributed by atoms with Crippen molar-refractivity contribution < 1.29 is 5.11 Å². The number of hydrogen-bond donors (Lipinski definition) is 2. The minimum absolute atomic E-state index is 0.269. The lowest BCUT2D eigenvalue weighted by atomic mass is 10.1. The molecule has 3 nitrogen and oxygen atoms in total. The molecule has 0 aromatic heterocycles. The van der Waals surface area contributed by atoms with Crippen LogP contribution in [0.25, 0.3) is 0 Å². The lowest BCUT2D eigenvalue weighted by molar-refractivity contribution is 0.187. The lowest BCUT2D eigenvalue weighted by Gasteiger charge is -2.17. The van der Waals surface area contributed by atoms with Gasteiger partial charge in [-0.25, -0.2) is 0 Å². The van der Waals surface area contributed by atoms with Gasteiger partial charge in [0.25, 0.3) is 0 Å². The summed E-state index contributed by atoms with van der Waals surface area (Å²) in [6, 6.07) is 8.72. The smallest absolute Gasteiger partial charge is 0.0636 e. The summed E-state index contributed by atoms with van der Waals surface area (Å²) in [4.78, 5) is 2.08. The van der Waals surface area contributed by atoms with Gasteiger partial charge in [0.05, 0.1) is 6.10 Å². The maximum absolute atomic E-state index is 9.20. The molecule has 2 atom stereocenters. The Bertz CT molecular complexity index is 306. The molecule has 1 rings (SSSR count). The maximum Gasteiger partial charge on any atom is 0.0636 e. The van der Waals surface area contributed by atoms with E-state index in [1.807, 2.05) is 14.1 Å². The molecule has 0 bridgehead atoms. The van der Waals surface area contributed by atoms with E-state index >= 15 is 0 Å². The van der Waals surface area contributed by atoms with Gasteiger partial charge in [0.2, 0.25) is 0 Å². The number of benzene rings is 1. The summed E-state index contributed by atoms with van der Waals surface area (Å²) in [7, 11) is 4.06. The van der Waals surface area contributed by atoms with Crippen LogP contribution in [-0.4, -0.2) is 31.9 Å². The molecule has 0 aliphatic heterocycles. The highest BCUT2D eigenvalue weighted by molar-refractivity contribution is 5.46. The third-order valence-electron chi connectivity index (χ3n) is 2.63. The number of aliphatic hydroxyl groups is 1. The van der Waals surface area contributed by atoms with E-state index in [2.05, 4.69) is 41.4 Å². The first-order valence-corrected chi connectivity index (χ1v) is 5.69. The van der Waals surface area contributed by atoms with Crippen LogP contribution in [0, 0.1) is 0 Å². The molecule has 0 amide bonds. The van der Waals surface area contributed by atoms with Gasteiger partial charge < -0.3 is 15.3 Å². The molecule has 3 heteroatoms. The third-order valence-corrected chi connectivity index (χ3v) is 2.63. The normalized spacial score (nSPS) is 14.6. The van der Waals surface area contributed by atoms with Crippen LogP contribution in [0.5, 0.6) is 0 Å². The molecular weight excluding hydrogens is 200 g/mol. The van der Waals surface area contributed by atoms with Gasteiger partial charge in [0.15, 0.2) is 0 Å². The standard InChI is InChI=1S/C13H22N2O/c1-10(16)9-14-11(2)12-5-7-13(8-6-12)15(3)4/h5-8,10-11,14,16H,9H2,1-4H3. The van der Waals surface area contributed by atoms with Crippen molar-refractivity contribution in [2.24, 2.45) is 0 Å². The van der Waals surface area contributed by atoms with E-state index in [4.69, 9.17) is 0 Å². The van der Waals surface area contributed by atoms with Crippen molar-refractivity contribution >= 4 is 5.69 Å². The zero-order valence-corrected chi connectivity index (χ0v) is 10.6. The Balaban J connectivity index is 2.59. The minimum Gasteiger partial charge on any atom is -0.392 e. The van der Waals surface area contributed by atoms with Gasteiger partial charge >= 0.3 is 0 Å². The summed E-state index contributed by atoms with van der Waals surface area (Å²) >= 11 is 0. The second-order valence-electron chi connectivity index (χ2n) is 4.46. The fraction of sp³-hybridized carbons (Fsp3) is 0.538. The predicted octanol–water partition coefficient (Wildman–Crippen LogP) is 1.78. The third kappa shape index (κ3) is 3.83. The van der Waals surface area contributed by atoms with E-state index in [1.54, 1.807) is 6.92 Å². The van der Waals surface area contributed by atoms with Gasteiger partial charge in [-0.05, 0) is 31.5 Å². The van der Waals surface area contributed by atoms with Crippen LogP contribution in [0.1, 0.15) is 25.5 Å². The molecule has 0 saturated carbocycles. The van der Waals surface area contributed by atoms with Crippen molar-refractivity contribution in [3.8, 4) is 0 Å². The van der Waals surface area contributed by atoms with Gasteiger partial charge in [0.1, 0.15) is 0 Å². The average Bonchev–Trinajstić information content (AvgIpc) is 2.26. The molecule has 1 aromatic rings. The van der Waals surface area contributed by atoms with Crippen LogP contribution in [-0.2, 0) is 0 Å². The Morgan fingerprint density at radius 3 is 2.19 bits per heavy atom. The van der Waals surface area contributed by atoms with E-state index < -0.39 is 0 Å². The first-order chi connectivity index (χ1) is 7.50. The molecule has 0 saturated heterocycles. The van der Waals surface area contributed by atoms with Crippen molar-refractivity contribution in [1.29, 1.82) is 0 Å². The second kappa shape index (κ2) is 5.87. The fourth-order valence-corrected chi connectivity index (χ4v) is 1.53. The molecule has 16 heavy (non-hydrogen) atoms. The molecule has 0 aliphatic rings. The van der Waals surface area contributed by atoms with Crippen LogP contribution in [0.3, 0.4) is 0 Å². The number of hydrogen-bond acceptors (Lipinski definition) is 3. The Morgan fingerprint density at radius 2 is 1.75 bits per heavy atom. The molecule has 0 spiro atoms. The van der Waals surface area contributed by atoms with Crippen LogP contribution >= 0.6 is 0 Å². The highest BCUT2D eigenvalue weighted by Gasteiger charge is 2.06. The van der Waals surface area contributed by atoms with Crippen LogP contribution in [0.2, 0.25) is 0 Å². The Labute approximate surface area is 98.1 Å². The fourth-order valence-electron chi connectivity index (χ4n) is 1.53. The zero-order valence-electron chi connectivity index (χ0n) is 10.6. The Hall–Kier alpha value is -1.06. The molecule has 0 fully saturated rings. The van der Waals surface area contributed by atoms with Crippen LogP contribution in [0.15, 0.2) is 24.3 Å². The largest absolute Gasteiger partial charge is 0.392 e. The summed E-state index contributed by atoms with van der Waals surface area (Å²) in [5, 5.41) is 12.5. The predicted molar refractivity (Wildman–Crippen MR) is 68.9 cm³/mol. The molecule has 2 N–H and O–H groups in total. The van der Waals surface area contributed by atoms with E-state index in [-0.39, 0.29) is 12.1 Å². The van der Waals surface area contributed by atoms with E-state index in [9.17, 15) is 5.11 Å². The lowest BCUT2D eigenvalue weighted by Crippen LogP contribution is -2.27. The van der Waals surface area contributed by atoms with Crippen molar-refractivity contribution in [2.75, 3.05) is 25.5 Å². The molecule has 1 aromatic carbocycles. The number of anilines is 1. The minimum atomic E-state index is -0.302. The van der Waals surface area contributed by atoms with Gasteiger partial charge in [-0.3, -0.25) is 0 Å². The Morgan fingerprint density at radius 1 is 1.19 bits per heavy atom. The molecular formula is C13H22N2O. The van der Waals surface area contributed by atoms with E-state index in [0.29, 0.717) is 6.54 Å². The first kappa shape index (κ1) is 13.0. The zero-order chi connectivity index (χ0) is 12.1. The van der Waals surface area contributed by atoms with E-state index in [0.717, 1.165) is 0 Å². The summed E-state index contributed by atoms with van der Waals surface area (Å²) in [6.07, 6.45) is -0.302. The van der Waals surface area contributed by atoms with Gasteiger partial charge in [0, 0.05) is 32.4 Å². The number of nitrogens with one attached hydrogen (secondary N) is 1. The summed E-state index contributed by atoms with van der Waals surface area (Å²) in [5.41, 5.74) is 2.44. The monoisotopic (exact) mass is 222 g/mol. The van der Waals surface area contributed by atoms with Crippen molar-refractivity contribution in [3.63, 3.8) is 0 Å². The molecule has 2 unspecified atom stereocenters. The number of nitrogens with zero attached hydrogens (tertiary/aromatic N) is 1. The van der Waals surface area contributed by atoms with Gasteiger partial charge in [-0.1, -0.05) is 12.1 Å². The van der Waals surface area contributed by atoms with Crippen molar-refractivity contribution in [1.82, 2.24) is 5.32 Å². The van der Waals surface area contributed by atoms with Gasteiger partial charge in [-0.15, -0.1) is 0 Å².